The van der Waals surface area contributed by atoms with Crippen LogP contribution in [0.1, 0.15) is 15.9 Å². The molecule has 1 aromatic carbocycles. The normalized spacial score (nSPS) is 10.8. The van der Waals surface area contributed by atoms with E-state index in [1.165, 1.54) is 13.1 Å². The van der Waals surface area contributed by atoms with Gasteiger partial charge in [-0.1, -0.05) is 17.7 Å². The van der Waals surface area contributed by atoms with Crippen LogP contribution in [0, 0.1) is 12.7 Å². The van der Waals surface area contributed by atoms with Crippen LogP contribution in [0.4, 0.5) is 10.2 Å². The SMILES string of the molecule is Cc1c(F)cncc1C(=O)Nc1ccc(-c2cc(-c3cnn(C)c3)ccc2Cl)cn1. The summed E-state index contributed by atoms with van der Waals surface area (Å²) < 4.78 is 15.4. The molecule has 0 saturated heterocycles. The Morgan fingerprint density at radius 3 is 2.57 bits per heavy atom. The maximum absolute atomic E-state index is 13.6. The lowest BCUT2D eigenvalue weighted by Crippen LogP contribution is -2.15. The molecule has 6 nitrogen and oxygen atoms in total. The predicted octanol–water partition coefficient (Wildman–Crippen LogP) is 4.90. The summed E-state index contributed by atoms with van der Waals surface area (Å²) in [6, 6.07) is 9.21. The van der Waals surface area contributed by atoms with Crippen LogP contribution in [-0.2, 0) is 7.05 Å². The molecule has 4 rings (SSSR count). The van der Waals surface area contributed by atoms with Gasteiger partial charge in [-0.3, -0.25) is 14.5 Å². The predicted molar refractivity (Wildman–Crippen MR) is 114 cm³/mol. The third-order valence-electron chi connectivity index (χ3n) is 4.72. The summed E-state index contributed by atoms with van der Waals surface area (Å²) in [4.78, 5) is 20.4. The van der Waals surface area contributed by atoms with Gasteiger partial charge >= 0.3 is 0 Å². The molecule has 0 unspecified atom stereocenters. The van der Waals surface area contributed by atoms with E-state index in [0.717, 1.165) is 28.5 Å². The van der Waals surface area contributed by atoms with Gasteiger partial charge in [0.1, 0.15) is 11.6 Å². The number of aryl methyl sites for hydroxylation is 1. The van der Waals surface area contributed by atoms with Crippen molar-refractivity contribution in [2.75, 3.05) is 5.32 Å². The summed E-state index contributed by atoms with van der Waals surface area (Å²) >= 11 is 6.40. The van der Waals surface area contributed by atoms with Gasteiger partial charge in [-0.05, 0) is 36.8 Å². The zero-order valence-electron chi connectivity index (χ0n) is 16.2. The Labute approximate surface area is 177 Å². The highest BCUT2D eigenvalue weighted by atomic mass is 35.5. The van der Waals surface area contributed by atoms with E-state index < -0.39 is 11.7 Å². The Hall–Kier alpha value is -3.58. The van der Waals surface area contributed by atoms with Gasteiger partial charge in [0.2, 0.25) is 0 Å². The first-order chi connectivity index (χ1) is 14.4. The van der Waals surface area contributed by atoms with Gasteiger partial charge in [0.15, 0.2) is 0 Å². The molecule has 0 atom stereocenters. The Morgan fingerprint density at radius 1 is 1.07 bits per heavy atom. The quantitative estimate of drug-likeness (QED) is 0.508. The van der Waals surface area contributed by atoms with Gasteiger partial charge < -0.3 is 5.32 Å². The van der Waals surface area contributed by atoms with Gasteiger partial charge in [0.05, 0.1) is 18.0 Å². The van der Waals surface area contributed by atoms with Gasteiger partial charge in [-0.15, -0.1) is 0 Å². The van der Waals surface area contributed by atoms with E-state index in [1.54, 1.807) is 23.1 Å². The summed E-state index contributed by atoms with van der Waals surface area (Å²) in [5, 5.41) is 7.44. The van der Waals surface area contributed by atoms with E-state index in [2.05, 4.69) is 20.4 Å². The summed E-state index contributed by atoms with van der Waals surface area (Å²) in [6.07, 6.45) is 7.73. The van der Waals surface area contributed by atoms with Crippen LogP contribution in [0.25, 0.3) is 22.3 Å². The Morgan fingerprint density at radius 2 is 1.87 bits per heavy atom. The van der Waals surface area contributed by atoms with Crippen LogP contribution < -0.4 is 5.32 Å². The van der Waals surface area contributed by atoms with Gasteiger partial charge in [0, 0.05) is 52.9 Å². The number of hydrogen-bond acceptors (Lipinski definition) is 4. The lowest BCUT2D eigenvalue weighted by Gasteiger charge is -2.09. The Balaban J connectivity index is 1.58. The van der Waals surface area contributed by atoms with Crippen molar-refractivity contribution >= 4 is 23.3 Å². The zero-order chi connectivity index (χ0) is 21.3. The molecule has 0 radical (unpaired) electrons. The molecular formula is C22H17ClFN5O. The summed E-state index contributed by atoms with van der Waals surface area (Å²) in [6.45, 7) is 1.53. The van der Waals surface area contributed by atoms with E-state index in [1.807, 2.05) is 37.5 Å². The molecule has 1 amide bonds. The highest BCUT2D eigenvalue weighted by Crippen LogP contribution is 2.32. The van der Waals surface area contributed by atoms with Crippen LogP contribution in [0.15, 0.2) is 61.3 Å². The van der Waals surface area contributed by atoms with E-state index in [9.17, 15) is 9.18 Å². The second-order valence-electron chi connectivity index (χ2n) is 6.78. The zero-order valence-corrected chi connectivity index (χ0v) is 17.0. The number of amides is 1. The molecule has 0 aliphatic carbocycles. The maximum Gasteiger partial charge on any atom is 0.258 e. The molecule has 0 aliphatic heterocycles. The number of nitrogens with one attached hydrogen (secondary N) is 1. The number of nitrogens with zero attached hydrogens (tertiary/aromatic N) is 4. The fourth-order valence-electron chi connectivity index (χ4n) is 3.04. The molecule has 0 fully saturated rings. The third kappa shape index (κ3) is 3.92. The average molecular weight is 422 g/mol. The molecule has 3 aromatic heterocycles. The number of benzene rings is 1. The largest absolute Gasteiger partial charge is 0.307 e. The van der Waals surface area contributed by atoms with Gasteiger partial charge in [0.25, 0.3) is 5.91 Å². The van der Waals surface area contributed by atoms with Crippen LogP contribution in [0.2, 0.25) is 5.02 Å². The second kappa shape index (κ2) is 8.04. The molecule has 0 spiro atoms. The first-order valence-corrected chi connectivity index (χ1v) is 9.46. The highest BCUT2D eigenvalue weighted by molar-refractivity contribution is 6.33. The highest BCUT2D eigenvalue weighted by Gasteiger charge is 2.14. The molecule has 1 N–H and O–H groups in total. The molecule has 150 valence electrons. The molecule has 0 bridgehead atoms. The minimum absolute atomic E-state index is 0.160. The minimum atomic E-state index is -0.533. The monoisotopic (exact) mass is 421 g/mol. The molecule has 0 saturated carbocycles. The molecule has 30 heavy (non-hydrogen) atoms. The summed E-state index contributed by atoms with van der Waals surface area (Å²) in [7, 11) is 1.86. The van der Waals surface area contributed by atoms with Crippen molar-refractivity contribution in [2.24, 2.45) is 7.05 Å². The maximum atomic E-state index is 13.6. The first kappa shape index (κ1) is 19.7. The second-order valence-corrected chi connectivity index (χ2v) is 7.18. The lowest BCUT2D eigenvalue weighted by molar-refractivity contribution is 0.102. The molecule has 4 aromatic rings. The fraction of sp³-hybridized carbons (Fsp3) is 0.0909. The van der Waals surface area contributed by atoms with Crippen molar-refractivity contribution in [3.63, 3.8) is 0 Å². The molecular weight excluding hydrogens is 405 g/mol. The summed E-state index contributed by atoms with van der Waals surface area (Å²) in [5.74, 6) is -0.669. The minimum Gasteiger partial charge on any atom is -0.307 e. The van der Waals surface area contributed by atoms with Crippen molar-refractivity contribution in [1.29, 1.82) is 0 Å². The fourth-order valence-corrected chi connectivity index (χ4v) is 3.26. The lowest BCUT2D eigenvalue weighted by atomic mass is 10.0. The average Bonchev–Trinajstić information content (AvgIpc) is 3.17. The first-order valence-electron chi connectivity index (χ1n) is 9.09. The van der Waals surface area contributed by atoms with Crippen molar-refractivity contribution in [2.45, 2.75) is 6.92 Å². The van der Waals surface area contributed by atoms with Crippen LogP contribution >= 0.6 is 11.6 Å². The van der Waals surface area contributed by atoms with E-state index in [4.69, 9.17) is 11.6 Å². The number of rotatable bonds is 4. The van der Waals surface area contributed by atoms with Gasteiger partial charge in [-0.2, -0.15) is 5.10 Å². The number of anilines is 1. The molecule has 3 heterocycles. The number of pyridine rings is 2. The van der Waals surface area contributed by atoms with Crippen molar-refractivity contribution in [1.82, 2.24) is 19.7 Å². The summed E-state index contributed by atoms with van der Waals surface area (Å²) in [5.41, 5.74) is 3.97. The number of hydrogen-bond donors (Lipinski definition) is 1. The number of carbonyl (C=O) groups excluding carboxylic acids is 1. The van der Waals surface area contributed by atoms with E-state index >= 15 is 0 Å². The van der Waals surface area contributed by atoms with Crippen LogP contribution in [-0.4, -0.2) is 25.7 Å². The van der Waals surface area contributed by atoms with Crippen LogP contribution in [0.3, 0.4) is 0 Å². The number of halogens is 2. The van der Waals surface area contributed by atoms with Crippen LogP contribution in [0.5, 0.6) is 0 Å². The Bertz CT molecular complexity index is 1240. The number of carbonyl (C=O) groups is 1. The van der Waals surface area contributed by atoms with Crippen molar-refractivity contribution < 1.29 is 9.18 Å². The third-order valence-corrected chi connectivity index (χ3v) is 5.05. The molecule has 8 heteroatoms. The molecule has 0 aliphatic rings. The van der Waals surface area contributed by atoms with E-state index in [-0.39, 0.29) is 11.1 Å². The standard InChI is InChI=1S/C22H17ClFN5O/c1-13-18(10-25-11-20(13)24)22(30)28-21-6-4-15(8-26-21)17-7-14(3-5-19(17)23)16-9-27-29(2)12-16/h3-12H,1-2H3,(H,26,28,30). The smallest absolute Gasteiger partial charge is 0.258 e. The Kier molecular flexibility index (Phi) is 5.29. The topological polar surface area (TPSA) is 72.7 Å². The number of aromatic nitrogens is 4. The van der Waals surface area contributed by atoms with E-state index in [0.29, 0.717) is 10.8 Å². The van der Waals surface area contributed by atoms with Crippen molar-refractivity contribution in [3.05, 3.63) is 83.3 Å². The van der Waals surface area contributed by atoms with Crippen molar-refractivity contribution in [3.8, 4) is 22.3 Å². The van der Waals surface area contributed by atoms with Gasteiger partial charge in [-0.25, -0.2) is 9.37 Å².